The van der Waals surface area contributed by atoms with E-state index in [1.54, 1.807) is 31.2 Å². The summed E-state index contributed by atoms with van der Waals surface area (Å²) in [6, 6.07) is 10.7. The molecule has 3 aromatic rings. The van der Waals surface area contributed by atoms with Crippen molar-refractivity contribution >= 4 is 5.91 Å². The number of carbonyl (C=O) groups is 1. The molecule has 2 aromatic carbocycles. The van der Waals surface area contributed by atoms with Gasteiger partial charge in [-0.3, -0.25) is 4.79 Å². The number of nitrogens with one attached hydrogen (secondary N) is 1. The van der Waals surface area contributed by atoms with Crippen molar-refractivity contribution in [2.75, 3.05) is 0 Å². The van der Waals surface area contributed by atoms with Gasteiger partial charge in [0.05, 0.1) is 11.9 Å². The molecule has 1 aromatic heterocycles. The highest BCUT2D eigenvalue weighted by Gasteiger charge is 2.12. The summed E-state index contributed by atoms with van der Waals surface area (Å²) in [5, 5.41) is 10.2. The van der Waals surface area contributed by atoms with Crippen molar-refractivity contribution in [1.82, 2.24) is 20.3 Å². The standard InChI is InChI=1S/C17H14F2N4O/c1-11-8-13(6-7-14(11)18)23-10-16(21-22-23)17(24)20-9-12-4-2-3-5-15(12)19/h2-8,10H,9H2,1H3,(H,20,24). The maximum absolute atomic E-state index is 13.5. The van der Waals surface area contributed by atoms with Crippen LogP contribution in [0.2, 0.25) is 0 Å². The second-order valence-corrected chi connectivity index (χ2v) is 5.26. The minimum atomic E-state index is -0.469. The van der Waals surface area contributed by atoms with Crippen LogP contribution >= 0.6 is 0 Å². The fourth-order valence-corrected chi connectivity index (χ4v) is 2.17. The van der Waals surface area contributed by atoms with Gasteiger partial charge in [-0.2, -0.15) is 0 Å². The van der Waals surface area contributed by atoms with Gasteiger partial charge in [0.25, 0.3) is 5.91 Å². The van der Waals surface area contributed by atoms with Crippen molar-refractivity contribution in [2.45, 2.75) is 13.5 Å². The normalized spacial score (nSPS) is 10.6. The van der Waals surface area contributed by atoms with E-state index in [2.05, 4.69) is 15.6 Å². The summed E-state index contributed by atoms with van der Waals surface area (Å²) in [5.41, 5.74) is 1.53. The number of halogens is 2. The predicted octanol–water partition coefficient (Wildman–Crippen LogP) is 2.78. The Morgan fingerprint density at radius 1 is 1.17 bits per heavy atom. The monoisotopic (exact) mass is 328 g/mol. The van der Waals surface area contributed by atoms with Crippen molar-refractivity contribution in [2.24, 2.45) is 0 Å². The SMILES string of the molecule is Cc1cc(-n2cc(C(=O)NCc3ccccc3F)nn2)ccc1F. The van der Waals surface area contributed by atoms with Crippen molar-refractivity contribution in [3.63, 3.8) is 0 Å². The van der Waals surface area contributed by atoms with E-state index in [9.17, 15) is 13.6 Å². The third-order valence-electron chi connectivity index (χ3n) is 3.53. The molecule has 1 heterocycles. The van der Waals surface area contributed by atoms with Gasteiger partial charge in [-0.25, -0.2) is 13.5 Å². The largest absolute Gasteiger partial charge is 0.346 e. The number of nitrogens with zero attached hydrogens (tertiary/aromatic N) is 3. The van der Waals surface area contributed by atoms with Gasteiger partial charge in [0, 0.05) is 12.1 Å². The summed E-state index contributed by atoms with van der Waals surface area (Å²) in [4.78, 5) is 12.1. The van der Waals surface area contributed by atoms with E-state index >= 15 is 0 Å². The highest BCUT2D eigenvalue weighted by atomic mass is 19.1. The van der Waals surface area contributed by atoms with E-state index in [0.29, 0.717) is 16.8 Å². The molecule has 0 atom stereocenters. The first kappa shape index (κ1) is 15.8. The van der Waals surface area contributed by atoms with Crippen molar-refractivity contribution < 1.29 is 13.6 Å². The molecule has 0 saturated heterocycles. The molecule has 0 radical (unpaired) electrons. The minimum absolute atomic E-state index is 0.0496. The molecule has 0 saturated carbocycles. The van der Waals surface area contributed by atoms with Crippen LogP contribution in [0.5, 0.6) is 0 Å². The van der Waals surface area contributed by atoms with Gasteiger partial charge in [-0.05, 0) is 36.8 Å². The van der Waals surface area contributed by atoms with Gasteiger partial charge in [-0.15, -0.1) is 5.10 Å². The molecule has 0 spiro atoms. The Bertz CT molecular complexity index is 892. The molecular weight excluding hydrogens is 314 g/mol. The van der Waals surface area contributed by atoms with Crippen LogP contribution in [0.1, 0.15) is 21.6 Å². The van der Waals surface area contributed by atoms with Crippen molar-refractivity contribution in [3.05, 3.63) is 77.1 Å². The maximum Gasteiger partial charge on any atom is 0.273 e. The fourth-order valence-electron chi connectivity index (χ4n) is 2.17. The van der Waals surface area contributed by atoms with E-state index in [0.717, 1.165) is 0 Å². The summed E-state index contributed by atoms with van der Waals surface area (Å²) < 4.78 is 28.2. The molecular formula is C17H14F2N4O. The topological polar surface area (TPSA) is 59.8 Å². The van der Waals surface area contributed by atoms with Crippen LogP contribution in [0.25, 0.3) is 5.69 Å². The zero-order valence-electron chi connectivity index (χ0n) is 12.8. The Morgan fingerprint density at radius 3 is 2.71 bits per heavy atom. The second kappa shape index (κ2) is 6.57. The van der Waals surface area contributed by atoms with Crippen LogP contribution in [0, 0.1) is 18.6 Å². The quantitative estimate of drug-likeness (QED) is 0.801. The van der Waals surface area contributed by atoms with Crippen LogP contribution in [0.15, 0.2) is 48.7 Å². The lowest BCUT2D eigenvalue weighted by Crippen LogP contribution is -2.23. The molecule has 5 nitrogen and oxygen atoms in total. The van der Waals surface area contributed by atoms with Gasteiger partial charge >= 0.3 is 0 Å². The first-order chi connectivity index (χ1) is 11.5. The molecule has 0 fully saturated rings. The van der Waals surface area contributed by atoms with Crippen LogP contribution in [-0.2, 0) is 6.54 Å². The lowest BCUT2D eigenvalue weighted by Gasteiger charge is -2.04. The number of hydrogen-bond donors (Lipinski definition) is 1. The molecule has 7 heteroatoms. The maximum atomic E-state index is 13.5. The number of rotatable bonds is 4. The predicted molar refractivity (Wildman–Crippen MR) is 83.6 cm³/mol. The third-order valence-corrected chi connectivity index (χ3v) is 3.53. The molecule has 0 unspecified atom stereocenters. The van der Waals surface area contributed by atoms with Gasteiger partial charge in [0.1, 0.15) is 11.6 Å². The summed E-state index contributed by atoms with van der Waals surface area (Å²) in [6.07, 6.45) is 1.43. The van der Waals surface area contributed by atoms with E-state index in [1.807, 2.05) is 0 Å². The number of benzene rings is 2. The minimum Gasteiger partial charge on any atom is -0.346 e. The molecule has 3 rings (SSSR count). The van der Waals surface area contributed by atoms with Crippen LogP contribution in [0.4, 0.5) is 8.78 Å². The van der Waals surface area contributed by atoms with E-state index in [4.69, 9.17) is 0 Å². The highest BCUT2D eigenvalue weighted by Crippen LogP contribution is 2.13. The zero-order chi connectivity index (χ0) is 17.1. The third kappa shape index (κ3) is 3.29. The van der Waals surface area contributed by atoms with Gasteiger partial charge in [0.15, 0.2) is 5.69 Å². The molecule has 0 aliphatic rings. The molecule has 1 N–H and O–H groups in total. The average molecular weight is 328 g/mol. The zero-order valence-corrected chi connectivity index (χ0v) is 12.8. The number of amides is 1. The number of aromatic nitrogens is 3. The summed E-state index contributed by atoms with van der Waals surface area (Å²) >= 11 is 0. The Hall–Kier alpha value is -3.09. The highest BCUT2D eigenvalue weighted by molar-refractivity contribution is 5.91. The smallest absolute Gasteiger partial charge is 0.273 e. The van der Waals surface area contributed by atoms with Crippen molar-refractivity contribution in [3.8, 4) is 5.69 Å². The van der Waals surface area contributed by atoms with E-state index in [1.165, 1.54) is 29.1 Å². The van der Waals surface area contributed by atoms with E-state index < -0.39 is 5.91 Å². The van der Waals surface area contributed by atoms with Gasteiger partial charge in [-0.1, -0.05) is 23.4 Å². The molecule has 0 bridgehead atoms. The van der Waals surface area contributed by atoms with Crippen molar-refractivity contribution in [1.29, 1.82) is 0 Å². The lowest BCUT2D eigenvalue weighted by molar-refractivity contribution is 0.0945. The number of aryl methyl sites for hydroxylation is 1. The summed E-state index contributed by atoms with van der Waals surface area (Å²) in [6.45, 7) is 1.69. The van der Waals surface area contributed by atoms with Gasteiger partial charge in [0.2, 0.25) is 0 Å². The molecule has 1 amide bonds. The van der Waals surface area contributed by atoms with E-state index in [-0.39, 0.29) is 23.9 Å². The van der Waals surface area contributed by atoms with Crippen LogP contribution < -0.4 is 5.32 Å². The van der Waals surface area contributed by atoms with Crippen LogP contribution in [-0.4, -0.2) is 20.9 Å². The molecule has 24 heavy (non-hydrogen) atoms. The Kier molecular flexibility index (Phi) is 4.33. The Labute approximate surface area is 136 Å². The first-order valence-electron chi connectivity index (χ1n) is 7.25. The summed E-state index contributed by atoms with van der Waals surface area (Å²) in [5.74, 6) is -1.17. The first-order valence-corrected chi connectivity index (χ1v) is 7.25. The number of carbonyl (C=O) groups excluding carboxylic acids is 1. The number of hydrogen-bond acceptors (Lipinski definition) is 3. The Balaban J connectivity index is 1.72. The molecule has 0 aliphatic heterocycles. The average Bonchev–Trinajstić information content (AvgIpc) is 3.06. The lowest BCUT2D eigenvalue weighted by atomic mass is 10.2. The molecule has 0 aliphatic carbocycles. The summed E-state index contributed by atoms with van der Waals surface area (Å²) in [7, 11) is 0. The molecule has 122 valence electrons. The van der Waals surface area contributed by atoms with Gasteiger partial charge < -0.3 is 5.32 Å². The second-order valence-electron chi connectivity index (χ2n) is 5.26. The Morgan fingerprint density at radius 2 is 1.96 bits per heavy atom. The van der Waals surface area contributed by atoms with Crippen LogP contribution in [0.3, 0.4) is 0 Å². The fraction of sp³-hybridized carbons (Fsp3) is 0.118.